The first kappa shape index (κ1) is 18.8. The van der Waals surface area contributed by atoms with Crippen molar-refractivity contribution in [3.8, 4) is 0 Å². The van der Waals surface area contributed by atoms with Crippen LogP contribution in [0, 0.1) is 5.92 Å². The van der Waals surface area contributed by atoms with Crippen LogP contribution in [-0.2, 0) is 13.0 Å². The third kappa shape index (κ3) is 6.19. The van der Waals surface area contributed by atoms with Crippen molar-refractivity contribution < 1.29 is 0 Å². The molecule has 0 spiro atoms. The lowest BCUT2D eigenvalue weighted by molar-refractivity contribution is 0.202. The molecule has 2 aromatic rings. The van der Waals surface area contributed by atoms with Gasteiger partial charge >= 0.3 is 0 Å². The molecule has 3 rings (SSSR count). The molecular weight excluding hydrogens is 320 g/mol. The minimum atomic E-state index is 0. The molecule has 1 saturated heterocycles. The molecule has 5 heteroatoms. The van der Waals surface area contributed by atoms with Gasteiger partial charge in [-0.1, -0.05) is 12.1 Å². The molecule has 2 aromatic heterocycles. The van der Waals surface area contributed by atoms with Gasteiger partial charge in [-0.3, -0.25) is 14.9 Å². The van der Waals surface area contributed by atoms with Gasteiger partial charge in [0.2, 0.25) is 0 Å². The average Bonchev–Trinajstić information content (AvgIpc) is 2.62. The predicted octanol–water partition coefficient (Wildman–Crippen LogP) is 2.94. The van der Waals surface area contributed by atoms with Crippen molar-refractivity contribution in [3.63, 3.8) is 0 Å². The van der Waals surface area contributed by atoms with Crippen LogP contribution in [0.5, 0.6) is 0 Å². The lowest BCUT2D eigenvalue weighted by Gasteiger charge is -2.30. The summed E-state index contributed by atoms with van der Waals surface area (Å²) in [5.74, 6) is 0.754. The van der Waals surface area contributed by atoms with Gasteiger partial charge in [-0.15, -0.1) is 12.4 Å². The molecule has 0 amide bonds. The maximum Gasteiger partial charge on any atom is 0.0416 e. The van der Waals surface area contributed by atoms with Gasteiger partial charge in [0, 0.05) is 50.3 Å². The average molecular weight is 347 g/mol. The molecule has 3 heterocycles. The second-order valence-corrected chi connectivity index (χ2v) is 6.38. The topological polar surface area (TPSA) is 41.1 Å². The highest BCUT2D eigenvalue weighted by atomic mass is 35.5. The normalized spacial score (nSPS) is 17.5. The Balaban J connectivity index is 0.00000208. The van der Waals surface area contributed by atoms with E-state index >= 15 is 0 Å². The predicted molar refractivity (Wildman–Crippen MR) is 100 cm³/mol. The van der Waals surface area contributed by atoms with Crippen LogP contribution in [0.2, 0.25) is 0 Å². The van der Waals surface area contributed by atoms with Gasteiger partial charge in [-0.2, -0.15) is 0 Å². The Morgan fingerprint density at radius 3 is 2.83 bits per heavy atom. The third-order valence-corrected chi connectivity index (χ3v) is 4.45. The maximum atomic E-state index is 4.45. The van der Waals surface area contributed by atoms with Crippen LogP contribution in [0.4, 0.5) is 0 Å². The molecule has 0 radical (unpaired) electrons. The van der Waals surface area contributed by atoms with Crippen molar-refractivity contribution in [3.05, 3.63) is 60.2 Å². The lowest BCUT2D eigenvalue weighted by atomic mass is 9.98. The quantitative estimate of drug-likeness (QED) is 0.837. The Hall–Kier alpha value is -1.49. The van der Waals surface area contributed by atoms with E-state index in [1.165, 1.54) is 30.6 Å². The number of nitrogens with one attached hydrogen (secondary N) is 1. The van der Waals surface area contributed by atoms with E-state index in [0.717, 1.165) is 38.5 Å². The van der Waals surface area contributed by atoms with E-state index in [9.17, 15) is 0 Å². The fraction of sp³-hybridized carbons (Fsp3) is 0.474. The summed E-state index contributed by atoms with van der Waals surface area (Å²) in [7, 11) is 0. The van der Waals surface area contributed by atoms with Gasteiger partial charge in [-0.05, 0) is 55.6 Å². The van der Waals surface area contributed by atoms with E-state index in [2.05, 4.69) is 38.4 Å². The Kier molecular flexibility index (Phi) is 8.16. The van der Waals surface area contributed by atoms with E-state index < -0.39 is 0 Å². The van der Waals surface area contributed by atoms with Gasteiger partial charge in [0.1, 0.15) is 0 Å². The van der Waals surface area contributed by atoms with Crippen LogP contribution < -0.4 is 5.32 Å². The number of halogens is 1. The van der Waals surface area contributed by atoms with Crippen molar-refractivity contribution in [2.75, 3.05) is 26.2 Å². The molecule has 1 fully saturated rings. The fourth-order valence-electron chi connectivity index (χ4n) is 3.25. The standard InChI is InChI=1S/C19H26N4.ClH/c1-2-11-22-19(7-1)8-12-23(15-17-5-3-9-20-13-17)16-18-6-4-10-21-14-18;/h1-3,5,7,9,11,13,18,21H,4,6,8,10,12,14-16H2;1H. The van der Waals surface area contributed by atoms with Crippen molar-refractivity contribution in [1.29, 1.82) is 0 Å². The summed E-state index contributed by atoms with van der Waals surface area (Å²) in [6.07, 6.45) is 9.33. The Labute approximate surface area is 151 Å². The van der Waals surface area contributed by atoms with Gasteiger partial charge < -0.3 is 5.32 Å². The Morgan fingerprint density at radius 1 is 1.17 bits per heavy atom. The molecule has 1 aliphatic rings. The van der Waals surface area contributed by atoms with Crippen LogP contribution in [0.25, 0.3) is 0 Å². The first-order valence-corrected chi connectivity index (χ1v) is 8.62. The van der Waals surface area contributed by atoms with Crippen LogP contribution in [0.3, 0.4) is 0 Å². The molecule has 0 aliphatic carbocycles. The second-order valence-electron chi connectivity index (χ2n) is 6.38. The highest BCUT2D eigenvalue weighted by Gasteiger charge is 2.17. The van der Waals surface area contributed by atoms with Crippen molar-refractivity contribution in [1.82, 2.24) is 20.2 Å². The SMILES string of the molecule is Cl.c1ccc(CCN(Cc2cccnc2)CC2CCCNC2)nc1. The van der Waals surface area contributed by atoms with Gasteiger partial charge in [0.15, 0.2) is 0 Å². The molecule has 130 valence electrons. The molecule has 24 heavy (non-hydrogen) atoms. The monoisotopic (exact) mass is 346 g/mol. The first-order valence-electron chi connectivity index (χ1n) is 8.62. The lowest BCUT2D eigenvalue weighted by Crippen LogP contribution is -2.38. The second kappa shape index (κ2) is 10.4. The minimum Gasteiger partial charge on any atom is -0.316 e. The molecule has 1 unspecified atom stereocenters. The summed E-state index contributed by atoms with van der Waals surface area (Å²) >= 11 is 0. The fourth-order valence-corrected chi connectivity index (χ4v) is 3.25. The Morgan fingerprint density at radius 2 is 2.12 bits per heavy atom. The van der Waals surface area contributed by atoms with Crippen LogP contribution in [-0.4, -0.2) is 41.0 Å². The van der Waals surface area contributed by atoms with Gasteiger partial charge in [0.25, 0.3) is 0 Å². The number of nitrogens with zero attached hydrogens (tertiary/aromatic N) is 3. The third-order valence-electron chi connectivity index (χ3n) is 4.45. The van der Waals surface area contributed by atoms with Gasteiger partial charge in [0.05, 0.1) is 0 Å². The Bertz CT molecular complexity index is 558. The summed E-state index contributed by atoms with van der Waals surface area (Å²) < 4.78 is 0. The molecule has 1 aliphatic heterocycles. The zero-order chi connectivity index (χ0) is 15.7. The molecule has 0 bridgehead atoms. The molecule has 4 nitrogen and oxygen atoms in total. The molecule has 1 N–H and O–H groups in total. The number of piperidine rings is 1. The maximum absolute atomic E-state index is 4.45. The van der Waals surface area contributed by atoms with E-state index in [-0.39, 0.29) is 12.4 Å². The number of hydrogen-bond donors (Lipinski definition) is 1. The molecule has 0 saturated carbocycles. The van der Waals surface area contributed by atoms with E-state index in [4.69, 9.17) is 0 Å². The van der Waals surface area contributed by atoms with Gasteiger partial charge in [-0.25, -0.2) is 0 Å². The largest absolute Gasteiger partial charge is 0.316 e. The van der Waals surface area contributed by atoms with Crippen LogP contribution in [0.15, 0.2) is 48.9 Å². The molecule has 1 atom stereocenters. The zero-order valence-corrected chi connectivity index (χ0v) is 14.9. The van der Waals surface area contributed by atoms with E-state index in [1.54, 1.807) is 0 Å². The van der Waals surface area contributed by atoms with Crippen molar-refractivity contribution >= 4 is 12.4 Å². The van der Waals surface area contributed by atoms with E-state index in [1.807, 2.05) is 30.7 Å². The van der Waals surface area contributed by atoms with Crippen molar-refractivity contribution in [2.45, 2.75) is 25.8 Å². The summed E-state index contributed by atoms with van der Waals surface area (Å²) in [5.41, 5.74) is 2.46. The summed E-state index contributed by atoms with van der Waals surface area (Å²) in [6.45, 7) is 5.48. The number of hydrogen-bond acceptors (Lipinski definition) is 4. The van der Waals surface area contributed by atoms with Crippen LogP contribution in [0.1, 0.15) is 24.1 Å². The zero-order valence-electron chi connectivity index (χ0n) is 14.1. The molecular formula is C19H27ClN4. The highest BCUT2D eigenvalue weighted by Crippen LogP contribution is 2.14. The van der Waals surface area contributed by atoms with E-state index in [0.29, 0.717) is 0 Å². The molecule has 0 aromatic carbocycles. The summed E-state index contributed by atoms with van der Waals surface area (Å²) in [6, 6.07) is 10.3. The first-order chi connectivity index (χ1) is 11.4. The minimum absolute atomic E-state index is 0. The number of rotatable bonds is 7. The number of aromatic nitrogens is 2. The van der Waals surface area contributed by atoms with Crippen molar-refractivity contribution in [2.24, 2.45) is 5.92 Å². The summed E-state index contributed by atoms with van der Waals surface area (Å²) in [4.78, 5) is 11.3. The smallest absolute Gasteiger partial charge is 0.0416 e. The number of pyridine rings is 2. The summed E-state index contributed by atoms with van der Waals surface area (Å²) in [5, 5.41) is 3.53. The van der Waals surface area contributed by atoms with Crippen LogP contribution >= 0.6 is 12.4 Å². The highest BCUT2D eigenvalue weighted by molar-refractivity contribution is 5.85.